The van der Waals surface area contributed by atoms with Gasteiger partial charge in [-0.1, -0.05) is 0 Å². The minimum Gasteiger partial charge on any atom is -0.354 e. The molecule has 1 rings (SSSR count). The van der Waals surface area contributed by atoms with E-state index in [4.69, 9.17) is 0 Å². The number of nitrogens with one attached hydrogen (secondary N) is 1. The molecule has 0 radical (unpaired) electrons. The zero-order valence-electron chi connectivity index (χ0n) is 9.91. The first-order chi connectivity index (χ1) is 6.91. The van der Waals surface area contributed by atoms with Gasteiger partial charge in [-0.3, -0.25) is 9.59 Å². The average molecular weight is 212 g/mol. The van der Waals surface area contributed by atoms with Crippen LogP contribution in [0.15, 0.2) is 0 Å². The summed E-state index contributed by atoms with van der Waals surface area (Å²) in [4.78, 5) is 25.0. The molecule has 1 saturated heterocycles. The Morgan fingerprint density at radius 1 is 1.40 bits per heavy atom. The molecule has 0 aromatic rings. The maximum atomic E-state index is 11.7. The molecule has 1 fully saturated rings. The van der Waals surface area contributed by atoms with Gasteiger partial charge in [0.25, 0.3) is 0 Å². The predicted molar refractivity (Wildman–Crippen MR) is 58.2 cm³/mol. The summed E-state index contributed by atoms with van der Waals surface area (Å²) in [5, 5.41) is 2.85. The Balaban J connectivity index is 2.54. The Labute approximate surface area is 91.0 Å². The number of nitrogens with zero attached hydrogens (tertiary/aromatic N) is 1. The molecule has 0 aromatic carbocycles. The van der Waals surface area contributed by atoms with Crippen LogP contribution in [0.4, 0.5) is 0 Å². The number of carbonyl (C=O) groups excluding carboxylic acids is 2. The maximum Gasteiger partial charge on any atom is 0.225 e. The highest BCUT2D eigenvalue weighted by Crippen LogP contribution is 2.20. The van der Waals surface area contributed by atoms with Crippen LogP contribution in [0.2, 0.25) is 0 Å². The minimum absolute atomic E-state index is 0.00139. The van der Waals surface area contributed by atoms with Crippen LogP contribution in [0, 0.1) is 5.92 Å². The second kappa shape index (κ2) is 4.64. The third-order valence-corrected chi connectivity index (χ3v) is 2.58. The summed E-state index contributed by atoms with van der Waals surface area (Å²) in [7, 11) is 0. The number of hydrogen-bond acceptors (Lipinski definition) is 2. The van der Waals surface area contributed by atoms with Crippen LogP contribution >= 0.6 is 0 Å². The Morgan fingerprint density at radius 2 is 2.00 bits per heavy atom. The SMILES string of the molecule is CC(C)NC(=O)[C@H]1CC(=O)N(C(C)C)C1. The van der Waals surface area contributed by atoms with Crippen LogP contribution < -0.4 is 5.32 Å². The second-order valence-electron chi connectivity index (χ2n) is 4.70. The van der Waals surface area contributed by atoms with Crippen molar-refractivity contribution in [3.63, 3.8) is 0 Å². The summed E-state index contributed by atoms with van der Waals surface area (Å²) in [5.74, 6) is -0.0716. The largest absolute Gasteiger partial charge is 0.354 e. The monoisotopic (exact) mass is 212 g/mol. The van der Waals surface area contributed by atoms with Gasteiger partial charge in [0.1, 0.15) is 0 Å². The molecule has 1 aliphatic rings. The van der Waals surface area contributed by atoms with Gasteiger partial charge in [-0.2, -0.15) is 0 Å². The van der Waals surface area contributed by atoms with Crippen LogP contribution in [0.5, 0.6) is 0 Å². The summed E-state index contributed by atoms with van der Waals surface area (Å²) >= 11 is 0. The van der Waals surface area contributed by atoms with Gasteiger partial charge in [0.15, 0.2) is 0 Å². The van der Waals surface area contributed by atoms with E-state index in [0.717, 1.165) is 0 Å². The zero-order valence-corrected chi connectivity index (χ0v) is 9.91. The fourth-order valence-corrected chi connectivity index (χ4v) is 1.81. The van der Waals surface area contributed by atoms with Gasteiger partial charge < -0.3 is 10.2 Å². The molecule has 4 nitrogen and oxygen atoms in total. The van der Waals surface area contributed by atoms with Crippen LogP contribution in [-0.4, -0.2) is 35.3 Å². The molecular formula is C11H20N2O2. The molecule has 0 saturated carbocycles. The number of amides is 2. The number of rotatable bonds is 3. The third kappa shape index (κ3) is 2.94. The van der Waals surface area contributed by atoms with E-state index in [-0.39, 0.29) is 29.8 Å². The summed E-state index contributed by atoms with van der Waals surface area (Å²) in [5.41, 5.74) is 0. The van der Waals surface area contributed by atoms with Crippen molar-refractivity contribution in [1.29, 1.82) is 0 Å². The lowest BCUT2D eigenvalue weighted by molar-refractivity contribution is -0.130. The van der Waals surface area contributed by atoms with Crippen molar-refractivity contribution in [3.8, 4) is 0 Å². The van der Waals surface area contributed by atoms with Gasteiger partial charge in [-0.25, -0.2) is 0 Å². The van der Waals surface area contributed by atoms with E-state index in [1.165, 1.54) is 0 Å². The highest BCUT2D eigenvalue weighted by molar-refractivity contribution is 5.89. The fraction of sp³-hybridized carbons (Fsp3) is 0.818. The van der Waals surface area contributed by atoms with Crippen molar-refractivity contribution in [2.45, 2.75) is 46.2 Å². The molecule has 0 aliphatic carbocycles. The standard InChI is InChI=1S/C11H20N2O2/c1-7(2)12-11(15)9-5-10(14)13(6-9)8(3)4/h7-9H,5-6H2,1-4H3,(H,12,15)/t9-/m0/s1. The Kier molecular flexibility index (Phi) is 3.72. The molecule has 1 heterocycles. The Morgan fingerprint density at radius 3 is 2.40 bits per heavy atom. The molecule has 15 heavy (non-hydrogen) atoms. The molecule has 0 unspecified atom stereocenters. The van der Waals surface area contributed by atoms with E-state index >= 15 is 0 Å². The van der Waals surface area contributed by atoms with Crippen LogP contribution in [0.25, 0.3) is 0 Å². The quantitative estimate of drug-likeness (QED) is 0.751. The van der Waals surface area contributed by atoms with Crippen molar-refractivity contribution in [2.75, 3.05) is 6.54 Å². The molecule has 1 N–H and O–H groups in total. The molecule has 4 heteroatoms. The minimum atomic E-state index is -0.165. The zero-order chi connectivity index (χ0) is 11.6. The van der Waals surface area contributed by atoms with Crippen molar-refractivity contribution in [2.24, 2.45) is 5.92 Å². The Bertz CT molecular complexity index is 261. The summed E-state index contributed by atoms with van der Waals surface area (Å²) in [6, 6.07) is 0.329. The van der Waals surface area contributed by atoms with Crippen LogP contribution in [-0.2, 0) is 9.59 Å². The molecule has 1 atom stereocenters. The maximum absolute atomic E-state index is 11.7. The van der Waals surface area contributed by atoms with Gasteiger partial charge in [0.05, 0.1) is 5.92 Å². The Hall–Kier alpha value is -1.06. The molecule has 0 spiro atoms. The van der Waals surface area contributed by atoms with Gasteiger partial charge >= 0.3 is 0 Å². The van der Waals surface area contributed by atoms with E-state index < -0.39 is 0 Å². The first kappa shape index (κ1) is 12.0. The fourth-order valence-electron chi connectivity index (χ4n) is 1.81. The number of likely N-dealkylation sites (tertiary alicyclic amines) is 1. The second-order valence-corrected chi connectivity index (χ2v) is 4.70. The average Bonchev–Trinajstić information content (AvgIpc) is 2.46. The highest BCUT2D eigenvalue weighted by atomic mass is 16.2. The van der Waals surface area contributed by atoms with Crippen LogP contribution in [0.3, 0.4) is 0 Å². The summed E-state index contributed by atoms with van der Waals surface area (Å²) in [6.07, 6.45) is 0.358. The van der Waals surface area contributed by atoms with E-state index in [2.05, 4.69) is 5.32 Å². The van der Waals surface area contributed by atoms with Gasteiger partial charge in [0, 0.05) is 25.0 Å². The lowest BCUT2D eigenvalue weighted by atomic mass is 10.1. The molecule has 0 bridgehead atoms. The third-order valence-electron chi connectivity index (χ3n) is 2.58. The predicted octanol–water partition coefficient (Wildman–Crippen LogP) is 0.768. The van der Waals surface area contributed by atoms with Gasteiger partial charge in [0.2, 0.25) is 11.8 Å². The topological polar surface area (TPSA) is 49.4 Å². The van der Waals surface area contributed by atoms with Crippen LogP contribution in [0.1, 0.15) is 34.1 Å². The molecule has 1 aliphatic heterocycles. The van der Waals surface area contributed by atoms with E-state index in [1.54, 1.807) is 4.90 Å². The lowest BCUT2D eigenvalue weighted by Crippen LogP contribution is -2.38. The van der Waals surface area contributed by atoms with Crippen molar-refractivity contribution >= 4 is 11.8 Å². The van der Waals surface area contributed by atoms with E-state index in [9.17, 15) is 9.59 Å². The number of hydrogen-bond donors (Lipinski definition) is 1. The van der Waals surface area contributed by atoms with E-state index in [1.807, 2.05) is 27.7 Å². The van der Waals surface area contributed by atoms with E-state index in [0.29, 0.717) is 13.0 Å². The molecular weight excluding hydrogens is 192 g/mol. The van der Waals surface area contributed by atoms with Crippen molar-refractivity contribution < 1.29 is 9.59 Å². The normalized spacial score (nSPS) is 21.6. The molecule has 86 valence electrons. The lowest BCUT2D eigenvalue weighted by Gasteiger charge is -2.21. The first-order valence-corrected chi connectivity index (χ1v) is 5.51. The summed E-state index contributed by atoms with van der Waals surface area (Å²) in [6.45, 7) is 8.36. The van der Waals surface area contributed by atoms with Gasteiger partial charge in [-0.05, 0) is 27.7 Å². The number of carbonyl (C=O) groups is 2. The first-order valence-electron chi connectivity index (χ1n) is 5.51. The smallest absolute Gasteiger partial charge is 0.225 e. The van der Waals surface area contributed by atoms with Crippen molar-refractivity contribution in [1.82, 2.24) is 10.2 Å². The van der Waals surface area contributed by atoms with Gasteiger partial charge in [-0.15, -0.1) is 0 Å². The highest BCUT2D eigenvalue weighted by Gasteiger charge is 2.35. The molecule has 0 aromatic heterocycles. The molecule has 2 amide bonds. The summed E-state index contributed by atoms with van der Waals surface area (Å²) < 4.78 is 0. The van der Waals surface area contributed by atoms with Crippen molar-refractivity contribution in [3.05, 3.63) is 0 Å².